The van der Waals surface area contributed by atoms with Gasteiger partial charge in [-0.3, -0.25) is 0 Å². The Morgan fingerprint density at radius 3 is 1.18 bits per heavy atom. The van der Waals surface area contributed by atoms with E-state index in [0.29, 0.717) is 0 Å². The van der Waals surface area contributed by atoms with Crippen LogP contribution in [0.3, 0.4) is 0 Å². The molecule has 0 aromatic rings. The highest BCUT2D eigenvalue weighted by atomic mass is 15.0. The molecule has 1 rings (SSSR count). The predicted octanol–water partition coefficient (Wildman–Crippen LogP) is 11.0. The molecule has 1 aliphatic heterocycles. The maximum absolute atomic E-state index is 4.36. The Balaban J connectivity index is 2.06. The van der Waals surface area contributed by atoms with Gasteiger partial charge in [0.25, 0.3) is 0 Å². The minimum absolute atomic E-state index is 0.933. The van der Waals surface area contributed by atoms with Crippen molar-refractivity contribution in [2.24, 2.45) is 15.9 Å². The molecule has 1 unspecified atom stereocenters. The Morgan fingerprint density at radius 1 is 0.455 bits per heavy atom. The molecule has 1 atom stereocenters. The van der Waals surface area contributed by atoms with E-state index in [9.17, 15) is 0 Å². The fourth-order valence-corrected chi connectivity index (χ4v) is 5.22. The van der Waals surface area contributed by atoms with Crippen LogP contribution in [-0.4, -0.2) is 12.4 Å². The second kappa shape index (κ2) is 24.3. The van der Waals surface area contributed by atoms with Crippen molar-refractivity contribution in [1.29, 1.82) is 0 Å². The van der Waals surface area contributed by atoms with Gasteiger partial charge in [-0.1, -0.05) is 165 Å². The molecule has 0 aromatic heterocycles. The molecule has 0 aliphatic carbocycles. The van der Waals surface area contributed by atoms with Crippen LogP contribution >= 0.6 is 0 Å². The molecule has 1 aliphatic rings. The number of hydrogen-bond donors (Lipinski definition) is 0. The zero-order valence-corrected chi connectivity index (χ0v) is 22.8. The summed E-state index contributed by atoms with van der Waals surface area (Å²) < 4.78 is 0. The fraction of sp³-hybridized carbons (Fsp3) is 0.903. The van der Waals surface area contributed by atoms with Gasteiger partial charge >= 0.3 is 0 Å². The first-order valence-electron chi connectivity index (χ1n) is 15.3. The molecular formula is C31H59N2+. The minimum atomic E-state index is 0.933. The first-order chi connectivity index (χ1) is 16.4. The van der Waals surface area contributed by atoms with Gasteiger partial charge in [-0.25, -0.2) is 0 Å². The second-order valence-corrected chi connectivity index (χ2v) is 10.7. The van der Waals surface area contributed by atoms with Crippen molar-refractivity contribution in [3.63, 3.8) is 0 Å². The van der Waals surface area contributed by atoms with Crippen LogP contribution in [0.15, 0.2) is 9.98 Å². The molecule has 0 N–H and O–H groups in total. The van der Waals surface area contributed by atoms with Crippen molar-refractivity contribution >= 4 is 12.4 Å². The summed E-state index contributed by atoms with van der Waals surface area (Å²) in [4.78, 5) is 8.71. The Labute approximate surface area is 208 Å². The zero-order chi connectivity index (χ0) is 23.7. The van der Waals surface area contributed by atoms with E-state index in [2.05, 4.69) is 23.8 Å². The SMILES string of the molecule is CCCCCCCCCCCCCC(CCCCCCCCCCC)CCC[C+]1N=CC=N1. The smallest absolute Gasteiger partial charge is 0.0968 e. The van der Waals surface area contributed by atoms with Crippen molar-refractivity contribution in [2.45, 2.75) is 174 Å². The Hall–Kier alpha value is -0.790. The number of nitrogens with zero attached hydrogens (tertiary/aromatic N) is 2. The van der Waals surface area contributed by atoms with E-state index in [1.54, 1.807) is 0 Å². The molecule has 0 amide bonds. The second-order valence-electron chi connectivity index (χ2n) is 10.7. The third-order valence-electron chi connectivity index (χ3n) is 7.46. The molecule has 1 heterocycles. The maximum atomic E-state index is 4.36. The van der Waals surface area contributed by atoms with Crippen LogP contribution in [0.2, 0.25) is 0 Å². The highest BCUT2D eigenvalue weighted by Crippen LogP contribution is 2.26. The molecule has 33 heavy (non-hydrogen) atoms. The van der Waals surface area contributed by atoms with Crippen LogP contribution in [-0.2, 0) is 0 Å². The van der Waals surface area contributed by atoms with Gasteiger partial charge in [0.1, 0.15) is 0 Å². The van der Waals surface area contributed by atoms with Gasteiger partial charge < -0.3 is 0 Å². The van der Waals surface area contributed by atoms with Gasteiger partial charge in [0.15, 0.2) is 12.4 Å². The fourth-order valence-electron chi connectivity index (χ4n) is 5.22. The van der Waals surface area contributed by atoms with Crippen molar-refractivity contribution < 1.29 is 0 Å². The van der Waals surface area contributed by atoms with Crippen LogP contribution in [0, 0.1) is 12.1 Å². The molecule has 0 radical (unpaired) electrons. The van der Waals surface area contributed by atoms with Crippen LogP contribution in [0.1, 0.15) is 174 Å². The maximum Gasteiger partial charge on any atom is 0.240 e. The third kappa shape index (κ3) is 20.3. The molecule has 192 valence electrons. The van der Waals surface area contributed by atoms with Crippen molar-refractivity contribution in [1.82, 2.24) is 0 Å². The lowest BCUT2D eigenvalue weighted by atomic mass is 9.89. The standard InChI is InChI=1S/C31H59N2/c1-3-5-7-9-11-13-14-16-18-20-22-25-30(26-23-27-31-32-28-29-33-31)24-21-19-17-15-12-10-8-6-4-2/h28-30H,3-27H2,1-2H3/q+1. The van der Waals surface area contributed by atoms with Gasteiger partial charge in [-0.15, -0.1) is 0 Å². The third-order valence-corrected chi connectivity index (χ3v) is 7.46. The first-order valence-corrected chi connectivity index (χ1v) is 15.3. The topological polar surface area (TPSA) is 24.7 Å². The quantitative estimate of drug-likeness (QED) is 0.0907. The monoisotopic (exact) mass is 459 g/mol. The Kier molecular flexibility index (Phi) is 22.3. The van der Waals surface area contributed by atoms with E-state index in [1.807, 2.05) is 12.4 Å². The summed E-state index contributed by atoms with van der Waals surface area (Å²) >= 11 is 0. The van der Waals surface area contributed by atoms with Crippen LogP contribution in [0.5, 0.6) is 0 Å². The van der Waals surface area contributed by atoms with Crippen molar-refractivity contribution in [3.8, 4) is 0 Å². The predicted molar refractivity (Wildman–Crippen MR) is 150 cm³/mol. The van der Waals surface area contributed by atoms with Crippen molar-refractivity contribution in [3.05, 3.63) is 6.17 Å². The van der Waals surface area contributed by atoms with Crippen LogP contribution in [0.4, 0.5) is 0 Å². The van der Waals surface area contributed by atoms with Gasteiger partial charge in [0, 0.05) is 0 Å². The van der Waals surface area contributed by atoms with Crippen molar-refractivity contribution in [2.75, 3.05) is 0 Å². The normalized spacial score (nSPS) is 13.9. The lowest BCUT2D eigenvalue weighted by molar-refractivity contribution is 0.369. The van der Waals surface area contributed by atoms with Gasteiger partial charge in [0.2, 0.25) is 6.17 Å². The van der Waals surface area contributed by atoms with Gasteiger partial charge in [0.05, 0.1) is 6.42 Å². The summed E-state index contributed by atoms with van der Waals surface area (Å²) in [7, 11) is 0. The van der Waals surface area contributed by atoms with E-state index in [1.165, 1.54) is 154 Å². The molecule has 0 bridgehead atoms. The molecule has 0 aromatic carbocycles. The van der Waals surface area contributed by atoms with E-state index < -0.39 is 0 Å². The van der Waals surface area contributed by atoms with E-state index in [4.69, 9.17) is 0 Å². The molecule has 0 fully saturated rings. The summed E-state index contributed by atoms with van der Waals surface area (Å²) in [5.74, 6) is 0.933. The number of rotatable bonds is 26. The van der Waals surface area contributed by atoms with Gasteiger partial charge in [-0.05, 0) is 18.8 Å². The summed E-state index contributed by atoms with van der Waals surface area (Å²) in [5.41, 5.74) is 0. The lowest BCUT2D eigenvalue weighted by Crippen LogP contribution is -2.02. The van der Waals surface area contributed by atoms with Crippen LogP contribution in [0.25, 0.3) is 0 Å². The zero-order valence-electron chi connectivity index (χ0n) is 22.8. The summed E-state index contributed by atoms with van der Waals surface area (Å²) in [6, 6.07) is 0. The molecule has 0 saturated carbocycles. The number of hydrogen-bond acceptors (Lipinski definition) is 2. The summed E-state index contributed by atoms with van der Waals surface area (Å²) in [6.07, 6.45) is 40.2. The average molecular weight is 460 g/mol. The highest BCUT2D eigenvalue weighted by molar-refractivity contribution is 6.18. The largest absolute Gasteiger partial charge is 0.240 e. The first kappa shape index (κ1) is 30.2. The van der Waals surface area contributed by atoms with Gasteiger partial charge in [-0.2, -0.15) is 0 Å². The Bertz CT molecular complexity index is 430. The molecule has 0 spiro atoms. The number of unbranched alkanes of at least 4 members (excludes halogenated alkanes) is 18. The highest BCUT2D eigenvalue weighted by Gasteiger charge is 2.17. The average Bonchev–Trinajstić information content (AvgIpc) is 3.34. The van der Waals surface area contributed by atoms with E-state index >= 15 is 0 Å². The Morgan fingerprint density at radius 2 is 0.788 bits per heavy atom. The lowest BCUT2D eigenvalue weighted by Gasteiger charge is -2.17. The number of aliphatic imine (C=N–C) groups is 2. The molecule has 2 heteroatoms. The molecular weight excluding hydrogens is 400 g/mol. The minimum Gasteiger partial charge on any atom is -0.0968 e. The summed E-state index contributed by atoms with van der Waals surface area (Å²) in [6.45, 7) is 4.61. The molecule has 2 nitrogen and oxygen atoms in total. The summed E-state index contributed by atoms with van der Waals surface area (Å²) in [5, 5.41) is 0. The van der Waals surface area contributed by atoms with E-state index in [0.717, 1.165) is 18.5 Å². The van der Waals surface area contributed by atoms with Crippen LogP contribution < -0.4 is 0 Å². The van der Waals surface area contributed by atoms with E-state index in [-0.39, 0.29) is 0 Å². The molecule has 0 saturated heterocycles.